The molecule has 1 rings (SSSR count). The molecule has 4 nitrogen and oxygen atoms in total. The van der Waals surface area contributed by atoms with Crippen LogP contribution in [0.2, 0.25) is 0 Å². The van der Waals surface area contributed by atoms with Crippen molar-refractivity contribution in [3.8, 4) is 0 Å². The molecule has 0 amide bonds. The van der Waals surface area contributed by atoms with Crippen molar-refractivity contribution >= 4 is 24.4 Å². The average Bonchev–Trinajstić information content (AvgIpc) is 2.14. The summed E-state index contributed by atoms with van der Waals surface area (Å²) in [6, 6.07) is 1.68. The van der Waals surface area contributed by atoms with Crippen LogP contribution >= 0.6 is 12.6 Å². The van der Waals surface area contributed by atoms with Crippen molar-refractivity contribution in [2.75, 3.05) is 5.75 Å². The highest BCUT2D eigenvalue weighted by atomic mass is 32.1. The molecule has 0 aliphatic heterocycles. The van der Waals surface area contributed by atoms with E-state index in [4.69, 9.17) is 0 Å². The fourth-order valence-electron chi connectivity index (χ4n) is 1.03. The van der Waals surface area contributed by atoms with Gasteiger partial charge in [0.1, 0.15) is 6.20 Å². The van der Waals surface area contributed by atoms with E-state index < -0.39 is 4.92 Å². The van der Waals surface area contributed by atoms with E-state index in [1.54, 1.807) is 19.1 Å². The molecule has 0 saturated heterocycles. The molecule has 0 aromatic carbocycles. The molecule has 74 valence electrons. The Hall–Kier alpha value is -1.36. The molecule has 1 aromatic rings. The minimum atomic E-state index is -0.436. The van der Waals surface area contributed by atoms with Gasteiger partial charge >= 0.3 is 0 Å². The number of aryl methyl sites for hydroxylation is 1. The largest absolute Gasteiger partial charge is 0.290 e. The van der Waals surface area contributed by atoms with E-state index in [2.05, 4.69) is 17.6 Å². The van der Waals surface area contributed by atoms with Crippen molar-refractivity contribution < 1.29 is 4.92 Å². The Balaban J connectivity index is 3.00. The molecule has 14 heavy (non-hydrogen) atoms. The third-order valence-electron chi connectivity index (χ3n) is 1.70. The highest BCUT2D eigenvalue weighted by Crippen LogP contribution is 2.16. The highest BCUT2D eigenvalue weighted by Gasteiger charge is 2.09. The fourth-order valence-corrected chi connectivity index (χ4v) is 1.13. The van der Waals surface area contributed by atoms with Crippen molar-refractivity contribution in [1.29, 1.82) is 0 Å². The van der Waals surface area contributed by atoms with E-state index in [9.17, 15) is 10.1 Å². The normalized spacial score (nSPS) is 10.7. The van der Waals surface area contributed by atoms with Crippen molar-refractivity contribution in [1.82, 2.24) is 4.98 Å². The lowest BCUT2D eigenvalue weighted by Gasteiger charge is -1.97. The first-order chi connectivity index (χ1) is 6.65. The maximum absolute atomic E-state index is 10.5. The van der Waals surface area contributed by atoms with Crippen LogP contribution in [0.15, 0.2) is 18.3 Å². The first-order valence-electron chi connectivity index (χ1n) is 4.03. The Morgan fingerprint density at radius 3 is 2.93 bits per heavy atom. The number of aromatic nitrogens is 1. The summed E-state index contributed by atoms with van der Waals surface area (Å²) in [5.41, 5.74) is 1.37. The molecule has 5 heteroatoms. The van der Waals surface area contributed by atoms with Gasteiger partial charge in [-0.2, -0.15) is 12.6 Å². The second-order valence-electron chi connectivity index (χ2n) is 2.74. The Kier molecular flexibility index (Phi) is 3.64. The van der Waals surface area contributed by atoms with E-state index in [1.165, 1.54) is 6.20 Å². The van der Waals surface area contributed by atoms with Crippen molar-refractivity contribution in [2.24, 2.45) is 0 Å². The Bertz CT molecular complexity index is 377. The third-order valence-corrected chi connectivity index (χ3v) is 1.91. The molecule has 0 N–H and O–H groups in total. The minimum absolute atomic E-state index is 0.0491. The van der Waals surface area contributed by atoms with Crippen LogP contribution in [0.25, 0.3) is 6.08 Å². The lowest BCUT2D eigenvalue weighted by molar-refractivity contribution is -0.385. The Morgan fingerprint density at radius 2 is 2.43 bits per heavy atom. The lowest BCUT2D eigenvalue weighted by Crippen LogP contribution is -1.93. The average molecular weight is 210 g/mol. The fraction of sp³-hybridized carbons (Fsp3) is 0.222. The third kappa shape index (κ3) is 2.56. The van der Waals surface area contributed by atoms with Crippen LogP contribution in [0.1, 0.15) is 11.3 Å². The molecule has 0 saturated carbocycles. The predicted octanol–water partition coefficient (Wildman–Crippen LogP) is 2.24. The van der Waals surface area contributed by atoms with Gasteiger partial charge in [0.25, 0.3) is 5.69 Å². The van der Waals surface area contributed by atoms with Crippen LogP contribution < -0.4 is 0 Å². The number of nitrogens with zero attached hydrogens (tertiary/aromatic N) is 2. The minimum Gasteiger partial charge on any atom is -0.258 e. The van der Waals surface area contributed by atoms with Gasteiger partial charge in [0.2, 0.25) is 0 Å². The van der Waals surface area contributed by atoms with Crippen LogP contribution in [0.4, 0.5) is 5.69 Å². The van der Waals surface area contributed by atoms with Gasteiger partial charge in [-0.1, -0.05) is 6.08 Å². The van der Waals surface area contributed by atoms with Crippen LogP contribution in [0, 0.1) is 17.0 Å². The summed E-state index contributed by atoms with van der Waals surface area (Å²) < 4.78 is 0. The van der Waals surface area contributed by atoms with Gasteiger partial charge in [-0.05, 0) is 19.1 Å². The summed E-state index contributed by atoms with van der Waals surface area (Å²) in [7, 11) is 0. The predicted molar refractivity (Wildman–Crippen MR) is 58.5 cm³/mol. The van der Waals surface area contributed by atoms with Gasteiger partial charge < -0.3 is 0 Å². The SMILES string of the molecule is Cc1cc(C=CCS)ncc1[N+](=O)[O-]. The van der Waals surface area contributed by atoms with Crippen LogP contribution in [-0.4, -0.2) is 15.7 Å². The second kappa shape index (κ2) is 4.76. The smallest absolute Gasteiger partial charge is 0.258 e. The molecule has 0 atom stereocenters. The molecule has 0 bridgehead atoms. The summed E-state index contributed by atoms with van der Waals surface area (Å²) in [5, 5.41) is 10.5. The summed E-state index contributed by atoms with van der Waals surface area (Å²) in [6.07, 6.45) is 4.88. The van der Waals surface area contributed by atoms with E-state index in [0.717, 1.165) is 0 Å². The van der Waals surface area contributed by atoms with Gasteiger partial charge in [0, 0.05) is 11.3 Å². The van der Waals surface area contributed by atoms with E-state index in [0.29, 0.717) is 17.0 Å². The molecule has 0 aliphatic rings. The molecular weight excluding hydrogens is 200 g/mol. The summed E-state index contributed by atoms with van der Waals surface area (Å²) in [5.74, 6) is 0.623. The maximum atomic E-state index is 10.5. The first kappa shape index (κ1) is 10.7. The number of nitro groups is 1. The molecule has 0 unspecified atom stereocenters. The zero-order valence-electron chi connectivity index (χ0n) is 7.67. The number of pyridine rings is 1. The standard InChI is InChI=1S/C9H10N2O2S/c1-7-5-8(3-2-4-14)10-6-9(7)11(12)13/h2-3,5-6,14H,4H2,1H3. The van der Waals surface area contributed by atoms with Gasteiger partial charge in [-0.3, -0.25) is 10.1 Å². The molecule has 1 aromatic heterocycles. The van der Waals surface area contributed by atoms with Gasteiger partial charge in [0.15, 0.2) is 0 Å². The van der Waals surface area contributed by atoms with Gasteiger partial charge in [0.05, 0.1) is 10.6 Å². The number of thiol groups is 1. The van der Waals surface area contributed by atoms with Crippen molar-refractivity contribution in [3.05, 3.63) is 39.7 Å². The summed E-state index contributed by atoms with van der Waals surface area (Å²) >= 11 is 4.01. The van der Waals surface area contributed by atoms with Crippen LogP contribution in [-0.2, 0) is 0 Å². The first-order valence-corrected chi connectivity index (χ1v) is 4.67. The van der Waals surface area contributed by atoms with E-state index >= 15 is 0 Å². The van der Waals surface area contributed by atoms with E-state index in [1.807, 2.05) is 6.08 Å². The second-order valence-corrected chi connectivity index (χ2v) is 3.10. The molecule has 0 radical (unpaired) electrons. The quantitative estimate of drug-likeness (QED) is 0.473. The monoisotopic (exact) mass is 210 g/mol. The van der Waals surface area contributed by atoms with Crippen molar-refractivity contribution in [2.45, 2.75) is 6.92 Å². The van der Waals surface area contributed by atoms with Gasteiger partial charge in [-0.15, -0.1) is 0 Å². The lowest BCUT2D eigenvalue weighted by atomic mass is 10.2. The maximum Gasteiger partial charge on any atom is 0.290 e. The van der Waals surface area contributed by atoms with Crippen LogP contribution in [0.3, 0.4) is 0 Å². The van der Waals surface area contributed by atoms with Gasteiger partial charge in [-0.25, -0.2) is 4.98 Å². The number of hydrogen-bond donors (Lipinski definition) is 1. The molecule has 0 fully saturated rings. The molecular formula is C9H10N2O2S. The molecule has 0 aliphatic carbocycles. The van der Waals surface area contributed by atoms with Crippen molar-refractivity contribution in [3.63, 3.8) is 0 Å². The molecule has 0 spiro atoms. The summed E-state index contributed by atoms with van der Waals surface area (Å²) in [4.78, 5) is 14.0. The summed E-state index contributed by atoms with van der Waals surface area (Å²) in [6.45, 7) is 1.69. The molecule has 1 heterocycles. The number of rotatable bonds is 3. The highest BCUT2D eigenvalue weighted by molar-refractivity contribution is 7.80. The zero-order chi connectivity index (χ0) is 10.6. The Morgan fingerprint density at radius 1 is 1.71 bits per heavy atom. The topological polar surface area (TPSA) is 56.0 Å². The van der Waals surface area contributed by atoms with E-state index in [-0.39, 0.29) is 5.69 Å². The zero-order valence-corrected chi connectivity index (χ0v) is 8.57. The Labute approximate surface area is 87.2 Å². The number of hydrogen-bond acceptors (Lipinski definition) is 4. The van der Waals surface area contributed by atoms with Crippen LogP contribution in [0.5, 0.6) is 0 Å².